The van der Waals surface area contributed by atoms with Gasteiger partial charge in [0.15, 0.2) is 0 Å². The average Bonchev–Trinajstić information content (AvgIpc) is 2.90. The van der Waals surface area contributed by atoms with E-state index in [9.17, 15) is 9.90 Å². The first-order chi connectivity index (χ1) is 17.3. The van der Waals surface area contributed by atoms with Crippen LogP contribution < -0.4 is 0 Å². The van der Waals surface area contributed by atoms with Crippen LogP contribution in [0.3, 0.4) is 0 Å². The van der Waals surface area contributed by atoms with Gasteiger partial charge in [-0.25, -0.2) is 0 Å². The number of cyclic esters (lactones) is 1. The summed E-state index contributed by atoms with van der Waals surface area (Å²) in [5.41, 5.74) is 0.926. The molecule has 204 valence electrons. The molecule has 7 heteroatoms. The third kappa shape index (κ3) is 8.38. The van der Waals surface area contributed by atoms with Gasteiger partial charge in [0.2, 0.25) is 0 Å². The Morgan fingerprint density at radius 2 is 1.64 bits per heavy atom. The van der Waals surface area contributed by atoms with Crippen molar-refractivity contribution in [3.05, 3.63) is 48.0 Å². The van der Waals surface area contributed by atoms with Gasteiger partial charge in [0.25, 0.3) is 0 Å². The van der Waals surface area contributed by atoms with Crippen LogP contribution in [-0.2, 0) is 23.7 Å². The Hall–Kier alpha value is -1.77. The van der Waals surface area contributed by atoms with Crippen molar-refractivity contribution in [1.82, 2.24) is 0 Å². The number of ether oxygens (including phenoxy) is 4. The van der Waals surface area contributed by atoms with E-state index in [1.807, 2.05) is 37.3 Å². The highest BCUT2D eigenvalue weighted by Crippen LogP contribution is 2.36. The molecule has 2 aliphatic heterocycles. The van der Waals surface area contributed by atoms with Gasteiger partial charge in [-0.05, 0) is 50.5 Å². The normalized spacial score (nSPS) is 37.2. The maximum Gasteiger partial charge on any atom is 0.312 e. The van der Waals surface area contributed by atoms with E-state index in [-0.39, 0.29) is 36.3 Å². The zero-order valence-electron chi connectivity index (χ0n) is 22.7. The fraction of sp³-hybridized carbons (Fsp3) is 0.690. The molecule has 1 aromatic carbocycles. The molecule has 3 rings (SSSR count). The molecule has 1 aromatic rings. The first-order valence-electron chi connectivity index (χ1n) is 13.1. The Kier molecular flexibility index (Phi) is 13.1. The third-order valence-electron chi connectivity index (χ3n) is 7.43. The third-order valence-corrected chi connectivity index (χ3v) is 7.43. The fourth-order valence-corrected chi connectivity index (χ4v) is 5.30. The number of methoxy groups -OCH3 is 2. The molecule has 0 saturated carbocycles. The van der Waals surface area contributed by atoms with E-state index in [2.05, 4.69) is 26.0 Å². The number of hydrogen-bond acceptors (Lipinski definition) is 7. The van der Waals surface area contributed by atoms with Gasteiger partial charge in [0.05, 0.1) is 36.4 Å². The van der Waals surface area contributed by atoms with Crippen LogP contribution in [0.15, 0.2) is 42.5 Å². The minimum Gasteiger partial charge on any atom is -0.457 e. The van der Waals surface area contributed by atoms with Crippen molar-refractivity contribution in [3.8, 4) is 0 Å². The number of benzene rings is 1. The summed E-state index contributed by atoms with van der Waals surface area (Å²) in [6.07, 6.45) is 5.85. The molecule has 1 fully saturated rings. The Balaban J connectivity index is 0.00000222. The van der Waals surface area contributed by atoms with Crippen LogP contribution in [0, 0.1) is 17.8 Å². The van der Waals surface area contributed by atoms with Crippen molar-refractivity contribution < 1.29 is 34.0 Å². The predicted octanol–water partition coefficient (Wildman–Crippen LogP) is 4.47. The summed E-state index contributed by atoms with van der Waals surface area (Å²) >= 11 is 0. The zero-order chi connectivity index (χ0) is 26.7. The van der Waals surface area contributed by atoms with Crippen LogP contribution >= 0.6 is 0 Å². The molecule has 2 bridgehead atoms. The Morgan fingerprint density at radius 1 is 0.944 bits per heavy atom. The van der Waals surface area contributed by atoms with Crippen LogP contribution in [0.25, 0.3) is 0 Å². The maximum atomic E-state index is 13.3. The second kappa shape index (κ2) is 15.5. The highest BCUT2D eigenvalue weighted by molar-refractivity contribution is 5.73. The number of rotatable bonds is 3. The number of fused-ring (bicyclic) bond motifs is 2. The van der Waals surface area contributed by atoms with Crippen molar-refractivity contribution in [3.63, 3.8) is 0 Å². The second-order valence-corrected chi connectivity index (χ2v) is 10.0. The minimum absolute atomic E-state index is 0.0210. The minimum atomic E-state index is -0.536. The molecule has 6 unspecified atom stereocenters. The number of carbonyl (C=O) groups excluding carboxylic acids is 1. The average molecular weight is 507 g/mol. The Bertz CT molecular complexity index is 783. The molecule has 7 nitrogen and oxygen atoms in total. The van der Waals surface area contributed by atoms with Crippen LogP contribution in [0.2, 0.25) is 0 Å². The Labute approximate surface area is 216 Å². The summed E-state index contributed by atoms with van der Waals surface area (Å²) in [7, 11) is 4.37. The Morgan fingerprint density at radius 3 is 2.28 bits per heavy atom. The number of aliphatic hydroxyl groups excluding tert-OH is 2. The lowest BCUT2D eigenvalue weighted by molar-refractivity contribution is -0.194. The van der Waals surface area contributed by atoms with Gasteiger partial charge in [-0.2, -0.15) is 0 Å². The van der Waals surface area contributed by atoms with Crippen LogP contribution in [0.1, 0.15) is 64.5 Å². The van der Waals surface area contributed by atoms with Gasteiger partial charge in [-0.15, -0.1) is 0 Å². The van der Waals surface area contributed by atoms with Crippen molar-refractivity contribution in [1.29, 1.82) is 0 Å². The molecule has 2 N–H and O–H groups in total. The highest BCUT2D eigenvalue weighted by atomic mass is 16.6. The quantitative estimate of drug-likeness (QED) is 0.461. The van der Waals surface area contributed by atoms with Crippen molar-refractivity contribution in [2.45, 2.75) is 89.5 Å². The summed E-state index contributed by atoms with van der Waals surface area (Å²) in [5, 5.41) is 17.7. The number of aliphatic hydroxyl groups is 2. The standard InChI is InChI=1S/C28H42O6.CH4O/c1-18-10-9-13-23(31-4)17-22(29)14-15-24(21-11-7-6-8-12-21)33-28(30)20(3)27-25(32-5)16-19(2)26(18)34-27;1-2/h6-12,18-20,22-27,29H,13-17H2,1-5H3;2H,1H3/b10-9+;/t18-,19?,20-,22?,23?,24-,25?,26?,27?;/m0./s1. The number of esters is 1. The van der Waals surface area contributed by atoms with E-state index in [4.69, 9.17) is 24.1 Å². The van der Waals surface area contributed by atoms with E-state index >= 15 is 0 Å². The van der Waals surface area contributed by atoms with Crippen molar-refractivity contribution >= 4 is 5.97 Å². The lowest BCUT2D eigenvalue weighted by Crippen LogP contribution is -2.51. The van der Waals surface area contributed by atoms with E-state index in [1.165, 1.54) is 0 Å². The summed E-state index contributed by atoms with van der Waals surface area (Å²) in [5.74, 6) is -0.308. The maximum absolute atomic E-state index is 13.3. The van der Waals surface area contributed by atoms with Crippen LogP contribution in [-0.4, -0.2) is 68.0 Å². The molecule has 0 spiro atoms. The fourth-order valence-electron chi connectivity index (χ4n) is 5.30. The molecule has 9 atom stereocenters. The molecular weight excluding hydrogens is 460 g/mol. The van der Waals surface area contributed by atoms with E-state index in [1.54, 1.807) is 14.2 Å². The molecule has 0 radical (unpaired) electrons. The van der Waals surface area contributed by atoms with E-state index in [0.29, 0.717) is 25.2 Å². The van der Waals surface area contributed by atoms with Gasteiger partial charge in [-0.1, -0.05) is 56.3 Å². The summed E-state index contributed by atoms with van der Waals surface area (Å²) in [6.45, 7) is 6.20. The molecule has 0 amide bonds. The molecule has 36 heavy (non-hydrogen) atoms. The van der Waals surface area contributed by atoms with Crippen molar-refractivity contribution in [2.24, 2.45) is 17.8 Å². The van der Waals surface area contributed by atoms with Crippen molar-refractivity contribution in [2.75, 3.05) is 21.3 Å². The lowest BCUT2D eigenvalue weighted by atomic mass is 9.82. The van der Waals surface area contributed by atoms with E-state index < -0.39 is 18.1 Å². The number of carbonyl (C=O) groups is 1. The molecule has 2 aliphatic rings. The zero-order valence-corrected chi connectivity index (χ0v) is 22.7. The lowest BCUT2D eigenvalue weighted by Gasteiger charge is -2.43. The predicted molar refractivity (Wildman–Crippen MR) is 139 cm³/mol. The summed E-state index contributed by atoms with van der Waals surface area (Å²) in [4.78, 5) is 13.3. The monoisotopic (exact) mass is 506 g/mol. The van der Waals surface area contributed by atoms with Crippen LogP contribution in [0.4, 0.5) is 0 Å². The summed E-state index contributed by atoms with van der Waals surface area (Å²) in [6, 6.07) is 9.74. The van der Waals surface area contributed by atoms with Gasteiger partial charge < -0.3 is 29.2 Å². The second-order valence-electron chi connectivity index (χ2n) is 10.0. The topological polar surface area (TPSA) is 94.5 Å². The first kappa shape index (κ1) is 30.5. The smallest absolute Gasteiger partial charge is 0.312 e. The summed E-state index contributed by atoms with van der Waals surface area (Å²) < 4.78 is 24.0. The van der Waals surface area contributed by atoms with E-state index in [0.717, 1.165) is 25.5 Å². The van der Waals surface area contributed by atoms with Gasteiger partial charge in [0, 0.05) is 27.2 Å². The van der Waals surface area contributed by atoms with Gasteiger partial charge in [-0.3, -0.25) is 4.79 Å². The number of hydrogen-bond donors (Lipinski definition) is 2. The first-order valence-corrected chi connectivity index (χ1v) is 13.1. The molecule has 0 aliphatic carbocycles. The van der Waals surface area contributed by atoms with Gasteiger partial charge >= 0.3 is 5.97 Å². The SMILES string of the molecule is CO.COC1C/C=C/[C@H](C)C2OC(C(OC)CC2C)[C@H](C)C(=O)O[C@H](c2ccccc2)CCC(O)C1. The largest absolute Gasteiger partial charge is 0.457 e. The molecule has 2 heterocycles. The highest BCUT2D eigenvalue weighted by Gasteiger charge is 2.43. The molecule has 0 aromatic heterocycles. The van der Waals surface area contributed by atoms with Crippen LogP contribution in [0.5, 0.6) is 0 Å². The molecule has 1 saturated heterocycles. The van der Waals surface area contributed by atoms with Gasteiger partial charge in [0.1, 0.15) is 6.10 Å². The molecular formula is C29H46O7.